The second kappa shape index (κ2) is 3.03. The molecule has 0 aliphatic rings. The molecule has 0 unspecified atom stereocenters. The molecule has 0 aromatic carbocycles. The predicted molar refractivity (Wildman–Crippen MR) is 25.7 cm³/mol. The quantitative estimate of drug-likeness (QED) is 0.582. The lowest BCUT2D eigenvalue weighted by atomic mass is 10.2. The molecular weight excluding hydrogens is 135 g/mol. The van der Waals surface area contributed by atoms with E-state index in [1.807, 2.05) is 0 Å². The van der Waals surface area contributed by atoms with Crippen LogP contribution in [0.5, 0.6) is 0 Å². The summed E-state index contributed by atoms with van der Waals surface area (Å²) in [6, 6.07) is 0. The third kappa shape index (κ3) is 5.58. The van der Waals surface area contributed by atoms with Crippen molar-refractivity contribution in [3.63, 3.8) is 0 Å². The van der Waals surface area contributed by atoms with Crippen molar-refractivity contribution in [3.05, 3.63) is 0 Å². The van der Waals surface area contributed by atoms with Gasteiger partial charge < -0.3 is 10.8 Å². The number of hydrogen-bond donors (Lipinski definition) is 2. The third-order valence-corrected chi connectivity index (χ3v) is 0.739. The minimum absolute atomic E-state index is 0.348. The van der Waals surface area contributed by atoms with E-state index in [1.54, 1.807) is 0 Å². The second-order valence-corrected chi connectivity index (χ2v) is 1.71. The SMILES string of the molecule is NC[C@H](O)CC(F)(F)F. The highest BCUT2D eigenvalue weighted by Crippen LogP contribution is 2.20. The topological polar surface area (TPSA) is 46.2 Å². The summed E-state index contributed by atoms with van der Waals surface area (Å²) in [5.74, 6) is 0. The molecule has 0 heterocycles. The van der Waals surface area contributed by atoms with Gasteiger partial charge in [0.05, 0.1) is 12.5 Å². The van der Waals surface area contributed by atoms with Crippen molar-refractivity contribution in [2.24, 2.45) is 5.73 Å². The largest absolute Gasteiger partial charge is 0.391 e. The van der Waals surface area contributed by atoms with Gasteiger partial charge in [-0.3, -0.25) is 0 Å². The van der Waals surface area contributed by atoms with E-state index in [4.69, 9.17) is 10.8 Å². The fourth-order valence-corrected chi connectivity index (χ4v) is 0.351. The highest BCUT2D eigenvalue weighted by atomic mass is 19.4. The van der Waals surface area contributed by atoms with E-state index in [1.165, 1.54) is 0 Å². The Morgan fingerprint density at radius 2 is 1.89 bits per heavy atom. The highest BCUT2D eigenvalue weighted by Gasteiger charge is 2.30. The van der Waals surface area contributed by atoms with E-state index in [0.717, 1.165) is 0 Å². The molecule has 3 N–H and O–H groups in total. The predicted octanol–water partition coefficient (Wildman–Crippen LogP) is 0.258. The Labute approximate surface area is 50.5 Å². The summed E-state index contributed by atoms with van der Waals surface area (Å²) in [6.45, 7) is -0.348. The molecule has 0 saturated heterocycles. The summed E-state index contributed by atoms with van der Waals surface area (Å²) in [4.78, 5) is 0. The van der Waals surface area contributed by atoms with E-state index >= 15 is 0 Å². The number of halogens is 3. The van der Waals surface area contributed by atoms with Crippen molar-refractivity contribution >= 4 is 0 Å². The zero-order valence-electron chi connectivity index (χ0n) is 4.65. The average molecular weight is 143 g/mol. The second-order valence-electron chi connectivity index (χ2n) is 1.71. The molecule has 0 radical (unpaired) electrons. The Morgan fingerprint density at radius 1 is 1.44 bits per heavy atom. The van der Waals surface area contributed by atoms with Gasteiger partial charge in [-0.25, -0.2) is 0 Å². The monoisotopic (exact) mass is 143 g/mol. The van der Waals surface area contributed by atoms with Crippen molar-refractivity contribution in [2.45, 2.75) is 18.7 Å². The van der Waals surface area contributed by atoms with Crippen LogP contribution in [0.2, 0.25) is 0 Å². The molecule has 0 amide bonds. The molecule has 0 aromatic rings. The van der Waals surface area contributed by atoms with Crippen LogP contribution in [0.25, 0.3) is 0 Å². The van der Waals surface area contributed by atoms with Gasteiger partial charge in [0.15, 0.2) is 0 Å². The van der Waals surface area contributed by atoms with Crippen LogP contribution >= 0.6 is 0 Å². The van der Waals surface area contributed by atoms with Gasteiger partial charge in [-0.15, -0.1) is 0 Å². The van der Waals surface area contributed by atoms with Crippen LogP contribution in [0.1, 0.15) is 6.42 Å². The van der Waals surface area contributed by atoms with Gasteiger partial charge >= 0.3 is 6.18 Å². The first-order valence-corrected chi connectivity index (χ1v) is 2.40. The fourth-order valence-electron chi connectivity index (χ4n) is 0.351. The summed E-state index contributed by atoms with van der Waals surface area (Å²) in [6.07, 6.45) is -6.98. The molecule has 0 spiro atoms. The lowest BCUT2D eigenvalue weighted by molar-refractivity contribution is -0.152. The summed E-state index contributed by atoms with van der Waals surface area (Å²) >= 11 is 0. The molecule has 0 fully saturated rings. The average Bonchev–Trinajstić information content (AvgIpc) is 1.62. The summed E-state index contributed by atoms with van der Waals surface area (Å²) in [7, 11) is 0. The Hall–Kier alpha value is -0.290. The Balaban J connectivity index is 3.47. The van der Waals surface area contributed by atoms with Crippen LogP contribution in [0.15, 0.2) is 0 Å². The lowest BCUT2D eigenvalue weighted by Gasteiger charge is -2.09. The molecule has 0 rings (SSSR count). The first kappa shape index (κ1) is 8.71. The number of hydrogen-bond acceptors (Lipinski definition) is 2. The molecule has 0 bridgehead atoms. The third-order valence-electron chi connectivity index (χ3n) is 0.739. The molecule has 0 aliphatic heterocycles. The molecule has 0 aromatic heterocycles. The van der Waals surface area contributed by atoms with Crippen molar-refractivity contribution < 1.29 is 18.3 Å². The van der Waals surface area contributed by atoms with Crippen LogP contribution in [-0.2, 0) is 0 Å². The van der Waals surface area contributed by atoms with E-state index in [-0.39, 0.29) is 6.54 Å². The Morgan fingerprint density at radius 3 is 2.00 bits per heavy atom. The maximum absolute atomic E-state index is 11.3. The zero-order chi connectivity index (χ0) is 7.49. The van der Waals surface area contributed by atoms with Crippen LogP contribution in [0.4, 0.5) is 13.2 Å². The van der Waals surface area contributed by atoms with Gasteiger partial charge in [-0.05, 0) is 0 Å². The lowest BCUT2D eigenvalue weighted by Crippen LogP contribution is -2.26. The van der Waals surface area contributed by atoms with Crippen LogP contribution in [-0.4, -0.2) is 23.9 Å². The van der Waals surface area contributed by atoms with Crippen molar-refractivity contribution in [2.75, 3.05) is 6.54 Å². The molecule has 0 aliphatic carbocycles. The smallest absolute Gasteiger partial charge is 0.391 e. The summed E-state index contributed by atoms with van der Waals surface area (Å²) in [5.41, 5.74) is 4.73. The highest BCUT2D eigenvalue weighted by molar-refractivity contribution is 4.60. The van der Waals surface area contributed by atoms with Gasteiger partial charge in [-0.1, -0.05) is 0 Å². The van der Waals surface area contributed by atoms with Gasteiger partial charge in [-0.2, -0.15) is 13.2 Å². The minimum atomic E-state index is -4.31. The normalized spacial score (nSPS) is 15.7. The van der Waals surface area contributed by atoms with Crippen LogP contribution in [0, 0.1) is 0 Å². The summed E-state index contributed by atoms with van der Waals surface area (Å²) in [5, 5.41) is 8.35. The molecule has 5 heteroatoms. The minimum Gasteiger partial charge on any atom is -0.391 e. The fraction of sp³-hybridized carbons (Fsp3) is 1.00. The van der Waals surface area contributed by atoms with E-state index in [2.05, 4.69) is 0 Å². The van der Waals surface area contributed by atoms with Crippen LogP contribution in [0.3, 0.4) is 0 Å². The first-order valence-electron chi connectivity index (χ1n) is 2.40. The molecule has 56 valence electrons. The van der Waals surface area contributed by atoms with Crippen molar-refractivity contribution in [3.8, 4) is 0 Å². The summed E-state index contributed by atoms with van der Waals surface area (Å²) < 4.78 is 33.8. The van der Waals surface area contributed by atoms with Crippen molar-refractivity contribution in [1.29, 1.82) is 0 Å². The number of aliphatic hydroxyl groups excluding tert-OH is 1. The first-order chi connectivity index (χ1) is 3.95. The van der Waals surface area contributed by atoms with Gasteiger partial charge in [0.25, 0.3) is 0 Å². The van der Waals surface area contributed by atoms with Gasteiger partial charge in [0.2, 0.25) is 0 Å². The molecule has 9 heavy (non-hydrogen) atoms. The molecule has 2 nitrogen and oxygen atoms in total. The maximum Gasteiger partial charge on any atom is 0.391 e. The maximum atomic E-state index is 11.3. The van der Waals surface area contributed by atoms with Crippen molar-refractivity contribution in [1.82, 2.24) is 0 Å². The van der Waals surface area contributed by atoms with Crippen LogP contribution < -0.4 is 5.73 Å². The standard InChI is InChI=1S/C4H8F3NO/c5-4(6,7)1-3(9)2-8/h3,9H,1-2,8H2/t3-/m1/s1. The van der Waals surface area contributed by atoms with E-state index in [9.17, 15) is 13.2 Å². The van der Waals surface area contributed by atoms with Gasteiger partial charge in [0.1, 0.15) is 0 Å². The number of nitrogens with two attached hydrogens (primary N) is 1. The van der Waals surface area contributed by atoms with Gasteiger partial charge in [0, 0.05) is 6.54 Å². The molecule has 0 saturated carbocycles. The Kier molecular flexibility index (Phi) is 2.93. The van der Waals surface area contributed by atoms with E-state index < -0.39 is 18.7 Å². The zero-order valence-corrected chi connectivity index (χ0v) is 4.65. The Bertz CT molecular complexity index is 82.4. The molecule has 1 atom stereocenters. The number of alkyl halides is 3. The van der Waals surface area contributed by atoms with E-state index in [0.29, 0.717) is 0 Å². The molecular formula is C4H8F3NO. The number of rotatable bonds is 2. The number of aliphatic hydroxyl groups is 1.